The Kier molecular flexibility index (Phi) is 4.80. The van der Waals surface area contributed by atoms with Gasteiger partial charge in [0.05, 0.1) is 19.7 Å². The van der Waals surface area contributed by atoms with E-state index in [0.29, 0.717) is 11.5 Å². The van der Waals surface area contributed by atoms with Crippen LogP contribution < -0.4 is 15.4 Å². The van der Waals surface area contributed by atoms with E-state index in [4.69, 9.17) is 4.74 Å². The van der Waals surface area contributed by atoms with Crippen molar-refractivity contribution < 1.29 is 14.3 Å². The third-order valence-electron chi connectivity index (χ3n) is 5.19. The fraction of sp³-hybridized carbons (Fsp3) is 0.227. The van der Waals surface area contributed by atoms with Gasteiger partial charge in [0.25, 0.3) is 5.91 Å². The number of anilines is 2. The highest BCUT2D eigenvalue weighted by Gasteiger charge is 2.35. The molecule has 1 aliphatic rings. The topological polar surface area (TPSA) is 85.2 Å². The van der Waals surface area contributed by atoms with E-state index >= 15 is 0 Å². The average molecular weight is 390 g/mol. The summed E-state index contributed by atoms with van der Waals surface area (Å²) in [5.74, 6) is 0.829. The van der Waals surface area contributed by atoms with Crippen molar-refractivity contribution in [2.24, 2.45) is 0 Å². The van der Waals surface area contributed by atoms with Crippen LogP contribution in [0.2, 0.25) is 0 Å². The van der Waals surface area contributed by atoms with Gasteiger partial charge in [-0.25, -0.2) is 4.68 Å². The first kappa shape index (κ1) is 18.7. The molecule has 0 radical (unpaired) electrons. The van der Waals surface area contributed by atoms with Crippen LogP contribution in [-0.2, 0) is 9.59 Å². The van der Waals surface area contributed by atoms with Crippen molar-refractivity contribution in [2.45, 2.75) is 26.3 Å². The van der Waals surface area contributed by atoms with Crippen molar-refractivity contribution in [1.29, 1.82) is 0 Å². The summed E-state index contributed by atoms with van der Waals surface area (Å²) in [6, 6.07) is 12.6. The number of hydrogen-bond acceptors (Lipinski definition) is 4. The van der Waals surface area contributed by atoms with Gasteiger partial charge in [-0.2, -0.15) is 5.10 Å². The Morgan fingerprint density at radius 3 is 2.79 bits per heavy atom. The first-order valence-corrected chi connectivity index (χ1v) is 9.36. The van der Waals surface area contributed by atoms with Crippen molar-refractivity contribution in [3.63, 3.8) is 0 Å². The summed E-state index contributed by atoms with van der Waals surface area (Å²) in [4.78, 5) is 25.0. The zero-order valence-electron chi connectivity index (χ0n) is 16.5. The number of aryl methyl sites for hydroxylation is 2. The molecule has 0 fully saturated rings. The van der Waals surface area contributed by atoms with E-state index < -0.39 is 6.04 Å². The third kappa shape index (κ3) is 3.59. The summed E-state index contributed by atoms with van der Waals surface area (Å²) >= 11 is 0. The maximum atomic E-state index is 12.5. The summed E-state index contributed by atoms with van der Waals surface area (Å²) in [6.07, 6.45) is 1.70. The molecule has 2 N–H and O–H groups in total. The van der Waals surface area contributed by atoms with Crippen LogP contribution in [0.5, 0.6) is 5.75 Å². The lowest BCUT2D eigenvalue weighted by molar-refractivity contribution is -0.123. The molecule has 7 heteroatoms. The monoisotopic (exact) mass is 390 g/mol. The Bertz CT molecular complexity index is 1100. The number of methoxy groups -OCH3 is 1. The molecule has 0 aliphatic carbocycles. The van der Waals surface area contributed by atoms with Crippen LogP contribution in [0.1, 0.15) is 23.6 Å². The Morgan fingerprint density at radius 2 is 2.03 bits per heavy atom. The highest BCUT2D eigenvalue weighted by Crippen LogP contribution is 2.36. The number of benzene rings is 2. The van der Waals surface area contributed by atoms with Crippen molar-refractivity contribution in [2.75, 3.05) is 17.7 Å². The van der Waals surface area contributed by atoms with E-state index in [1.54, 1.807) is 18.0 Å². The highest BCUT2D eigenvalue weighted by atomic mass is 16.5. The predicted molar refractivity (Wildman–Crippen MR) is 111 cm³/mol. The predicted octanol–water partition coefficient (Wildman–Crippen LogP) is 3.70. The lowest BCUT2D eigenvalue weighted by Gasteiger charge is -2.11. The molecule has 0 bridgehead atoms. The minimum Gasteiger partial charge on any atom is -0.497 e. The number of aromatic nitrogens is 2. The minimum atomic E-state index is -0.684. The number of carbonyl (C=O) groups excluding carboxylic acids is 2. The standard InChI is InChI=1S/C22H22N4O3/c1-13-7-8-16(9-14(13)2)24-20(27)11-19-22(28)25-21-18(12-23-26(19)21)15-5-4-6-17(10-15)29-3/h4-10,12,19H,11H2,1-3H3,(H,24,27)(H,25,28). The number of amides is 2. The van der Waals surface area contributed by atoms with Crippen LogP contribution in [0.25, 0.3) is 11.1 Å². The van der Waals surface area contributed by atoms with Gasteiger partial charge in [-0.1, -0.05) is 18.2 Å². The van der Waals surface area contributed by atoms with E-state index in [0.717, 1.165) is 28.0 Å². The van der Waals surface area contributed by atoms with Crippen LogP contribution in [0.4, 0.5) is 11.5 Å². The molecule has 1 atom stereocenters. The van der Waals surface area contributed by atoms with Gasteiger partial charge < -0.3 is 15.4 Å². The Morgan fingerprint density at radius 1 is 1.21 bits per heavy atom. The van der Waals surface area contributed by atoms with Gasteiger partial charge in [-0.05, 0) is 54.8 Å². The van der Waals surface area contributed by atoms with Crippen LogP contribution in [-0.4, -0.2) is 28.7 Å². The first-order valence-electron chi connectivity index (χ1n) is 9.36. The second-order valence-electron chi connectivity index (χ2n) is 7.14. The maximum absolute atomic E-state index is 12.5. The van der Waals surface area contributed by atoms with Crippen LogP contribution in [0, 0.1) is 13.8 Å². The molecule has 0 saturated heterocycles. The fourth-order valence-electron chi connectivity index (χ4n) is 3.42. The smallest absolute Gasteiger partial charge is 0.251 e. The van der Waals surface area contributed by atoms with Gasteiger partial charge >= 0.3 is 0 Å². The summed E-state index contributed by atoms with van der Waals surface area (Å²) in [5, 5.41) is 10.1. The zero-order chi connectivity index (χ0) is 20.5. The molecular formula is C22H22N4O3. The molecule has 148 valence electrons. The molecule has 0 spiro atoms. The van der Waals surface area contributed by atoms with Crippen molar-refractivity contribution in [3.05, 3.63) is 59.8 Å². The molecule has 29 heavy (non-hydrogen) atoms. The van der Waals surface area contributed by atoms with Gasteiger partial charge in [0.15, 0.2) is 0 Å². The minimum absolute atomic E-state index is 0.00495. The maximum Gasteiger partial charge on any atom is 0.251 e. The fourth-order valence-corrected chi connectivity index (χ4v) is 3.42. The average Bonchev–Trinajstić information content (AvgIpc) is 3.24. The van der Waals surface area contributed by atoms with Crippen LogP contribution in [0.15, 0.2) is 48.7 Å². The van der Waals surface area contributed by atoms with Crippen molar-refractivity contribution in [1.82, 2.24) is 9.78 Å². The van der Waals surface area contributed by atoms with Crippen LogP contribution >= 0.6 is 0 Å². The molecule has 7 nitrogen and oxygen atoms in total. The van der Waals surface area contributed by atoms with Crippen molar-refractivity contribution >= 4 is 23.3 Å². The molecule has 2 aromatic carbocycles. The molecule has 2 heterocycles. The molecule has 1 unspecified atom stereocenters. The first-order chi connectivity index (χ1) is 14.0. The number of hydrogen-bond donors (Lipinski definition) is 2. The Hall–Kier alpha value is -3.61. The van der Waals surface area contributed by atoms with Gasteiger partial charge in [-0.15, -0.1) is 0 Å². The molecule has 2 amide bonds. The van der Waals surface area contributed by atoms with Gasteiger partial charge in [0.2, 0.25) is 5.91 Å². The number of carbonyl (C=O) groups is 2. The van der Waals surface area contributed by atoms with E-state index in [-0.39, 0.29) is 18.2 Å². The molecule has 1 aromatic heterocycles. The lowest BCUT2D eigenvalue weighted by Crippen LogP contribution is -2.23. The normalized spacial score (nSPS) is 15.0. The largest absolute Gasteiger partial charge is 0.497 e. The SMILES string of the molecule is COc1cccc(-c2cnn3c2NC(=O)C3CC(=O)Nc2ccc(C)c(C)c2)c1. The summed E-state index contributed by atoms with van der Waals surface area (Å²) in [5.41, 5.74) is 4.64. The Labute approximate surface area is 168 Å². The molecule has 4 rings (SSSR count). The number of fused-ring (bicyclic) bond motifs is 1. The second-order valence-corrected chi connectivity index (χ2v) is 7.14. The van der Waals surface area contributed by atoms with E-state index in [1.807, 2.05) is 56.3 Å². The second kappa shape index (κ2) is 7.43. The zero-order valence-corrected chi connectivity index (χ0v) is 16.5. The lowest BCUT2D eigenvalue weighted by atomic mass is 10.1. The quantitative estimate of drug-likeness (QED) is 0.696. The van der Waals surface area contributed by atoms with Crippen LogP contribution in [0.3, 0.4) is 0 Å². The summed E-state index contributed by atoms with van der Waals surface area (Å²) in [6.45, 7) is 4.01. The van der Waals surface area contributed by atoms with Gasteiger partial charge in [0, 0.05) is 11.3 Å². The summed E-state index contributed by atoms with van der Waals surface area (Å²) < 4.78 is 6.85. The summed E-state index contributed by atoms with van der Waals surface area (Å²) in [7, 11) is 1.60. The van der Waals surface area contributed by atoms with Crippen molar-refractivity contribution in [3.8, 4) is 16.9 Å². The number of ether oxygens (including phenoxy) is 1. The molecule has 3 aromatic rings. The number of nitrogens with one attached hydrogen (secondary N) is 2. The molecule has 0 saturated carbocycles. The van der Waals surface area contributed by atoms with Gasteiger partial charge in [-0.3, -0.25) is 9.59 Å². The third-order valence-corrected chi connectivity index (χ3v) is 5.19. The molecule has 1 aliphatic heterocycles. The number of rotatable bonds is 5. The Balaban J connectivity index is 1.53. The molecular weight excluding hydrogens is 368 g/mol. The van der Waals surface area contributed by atoms with E-state index in [2.05, 4.69) is 15.7 Å². The van der Waals surface area contributed by atoms with E-state index in [1.165, 1.54) is 0 Å². The number of nitrogens with zero attached hydrogens (tertiary/aromatic N) is 2. The highest BCUT2D eigenvalue weighted by molar-refractivity contribution is 6.04. The van der Waals surface area contributed by atoms with Gasteiger partial charge in [0.1, 0.15) is 17.6 Å². The van der Waals surface area contributed by atoms with E-state index in [9.17, 15) is 9.59 Å².